The number of rotatable bonds is 5. The standard InChI is InChI=1S/C14H26N4O2S/c1-11-13(10-17(3)16-11)14(15-2)8-12-6-5-7-18(9-12)21(4,19)20/h10,12,14-15H,5-9H2,1-4H3. The first-order chi connectivity index (χ1) is 9.81. The lowest BCUT2D eigenvalue weighted by atomic mass is 9.90. The van der Waals surface area contributed by atoms with Crippen LogP contribution < -0.4 is 5.32 Å². The van der Waals surface area contributed by atoms with Crippen LogP contribution in [0.2, 0.25) is 0 Å². The molecule has 2 unspecified atom stereocenters. The highest BCUT2D eigenvalue weighted by Gasteiger charge is 2.28. The predicted molar refractivity (Wildman–Crippen MR) is 83.5 cm³/mol. The topological polar surface area (TPSA) is 67.2 Å². The van der Waals surface area contributed by atoms with Gasteiger partial charge in [0.25, 0.3) is 0 Å². The highest BCUT2D eigenvalue weighted by atomic mass is 32.2. The van der Waals surface area contributed by atoms with Crippen molar-refractivity contribution in [1.82, 2.24) is 19.4 Å². The maximum Gasteiger partial charge on any atom is 0.211 e. The van der Waals surface area contributed by atoms with Crippen molar-refractivity contribution in [3.63, 3.8) is 0 Å². The molecule has 2 rings (SSSR count). The first-order valence-corrected chi connectivity index (χ1v) is 9.28. The van der Waals surface area contributed by atoms with Crippen LogP contribution in [0.4, 0.5) is 0 Å². The fourth-order valence-electron chi connectivity index (χ4n) is 3.21. The van der Waals surface area contributed by atoms with E-state index in [2.05, 4.69) is 10.4 Å². The molecule has 21 heavy (non-hydrogen) atoms. The summed E-state index contributed by atoms with van der Waals surface area (Å²) < 4.78 is 26.9. The molecule has 1 saturated heterocycles. The van der Waals surface area contributed by atoms with Crippen molar-refractivity contribution in [2.75, 3.05) is 26.4 Å². The van der Waals surface area contributed by atoms with E-state index < -0.39 is 10.0 Å². The zero-order valence-corrected chi connectivity index (χ0v) is 14.2. The molecule has 2 atom stereocenters. The van der Waals surface area contributed by atoms with Gasteiger partial charge in [0.1, 0.15) is 0 Å². The summed E-state index contributed by atoms with van der Waals surface area (Å²) in [6.07, 6.45) is 6.32. The molecule has 0 saturated carbocycles. The minimum atomic E-state index is -3.07. The van der Waals surface area contributed by atoms with Crippen LogP contribution in [0, 0.1) is 12.8 Å². The number of nitrogens with zero attached hydrogens (tertiary/aromatic N) is 3. The second-order valence-electron chi connectivity index (χ2n) is 6.05. The second-order valence-corrected chi connectivity index (χ2v) is 8.03. The molecule has 6 nitrogen and oxygen atoms in total. The van der Waals surface area contributed by atoms with Gasteiger partial charge in [0, 0.05) is 37.9 Å². The van der Waals surface area contributed by atoms with Crippen LogP contribution in [0.15, 0.2) is 6.20 Å². The van der Waals surface area contributed by atoms with E-state index >= 15 is 0 Å². The SMILES string of the molecule is CNC(CC1CCCN(S(C)(=O)=O)C1)c1cn(C)nc1C. The summed E-state index contributed by atoms with van der Waals surface area (Å²) in [4.78, 5) is 0. The van der Waals surface area contributed by atoms with E-state index in [4.69, 9.17) is 0 Å². The molecule has 7 heteroatoms. The van der Waals surface area contributed by atoms with Crippen molar-refractivity contribution in [3.8, 4) is 0 Å². The maximum atomic E-state index is 11.7. The molecule has 1 aromatic rings. The molecule has 1 aliphatic heterocycles. The van der Waals surface area contributed by atoms with Crippen LogP contribution in [-0.2, 0) is 17.1 Å². The van der Waals surface area contributed by atoms with Crippen molar-refractivity contribution in [2.45, 2.75) is 32.2 Å². The Balaban J connectivity index is 2.07. The van der Waals surface area contributed by atoms with Crippen molar-refractivity contribution in [1.29, 1.82) is 0 Å². The van der Waals surface area contributed by atoms with Gasteiger partial charge in [-0.2, -0.15) is 5.10 Å². The Bertz CT molecular complexity index is 582. The van der Waals surface area contributed by atoms with Gasteiger partial charge >= 0.3 is 0 Å². The third-order valence-corrected chi connectivity index (χ3v) is 5.56. The van der Waals surface area contributed by atoms with E-state index in [0.29, 0.717) is 19.0 Å². The first-order valence-electron chi connectivity index (χ1n) is 7.43. The Morgan fingerprint density at radius 1 is 1.52 bits per heavy atom. The lowest BCUT2D eigenvalue weighted by Crippen LogP contribution is -2.40. The van der Waals surface area contributed by atoms with Crippen LogP contribution in [0.3, 0.4) is 0 Å². The zero-order valence-electron chi connectivity index (χ0n) is 13.3. The summed E-state index contributed by atoms with van der Waals surface area (Å²) in [5.41, 5.74) is 2.24. The number of nitrogens with one attached hydrogen (secondary N) is 1. The molecule has 1 N–H and O–H groups in total. The molecule has 2 heterocycles. The van der Waals surface area contributed by atoms with Crippen LogP contribution in [0.5, 0.6) is 0 Å². The van der Waals surface area contributed by atoms with Crippen molar-refractivity contribution >= 4 is 10.0 Å². The van der Waals surface area contributed by atoms with Gasteiger partial charge in [0.2, 0.25) is 10.0 Å². The Morgan fingerprint density at radius 3 is 2.76 bits per heavy atom. The van der Waals surface area contributed by atoms with Gasteiger partial charge in [-0.05, 0) is 39.2 Å². The Kier molecular flexibility index (Phi) is 5.06. The lowest BCUT2D eigenvalue weighted by molar-refractivity contribution is 0.240. The van der Waals surface area contributed by atoms with Gasteiger partial charge in [-0.15, -0.1) is 0 Å². The van der Waals surface area contributed by atoms with Gasteiger partial charge in [-0.3, -0.25) is 4.68 Å². The normalized spacial score (nSPS) is 22.4. The minimum Gasteiger partial charge on any atom is -0.313 e. The number of aromatic nitrogens is 2. The average Bonchev–Trinajstić information content (AvgIpc) is 2.74. The highest BCUT2D eigenvalue weighted by molar-refractivity contribution is 7.88. The Labute approximate surface area is 127 Å². The number of hydrogen-bond donors (Lipinski definition) is 1. The molecule has 1 aliphatic rings. The van der Waals surface area contributed by atoms with Crippen LogP contribution in [0.25, 0.3) is 0 Å². The lowest BCUT2D eigenvalue weighted by Gasteiger charge is -2.33. The molecule has 0 radical (unpaired) electrons. The van der Waals surface area contributed by atoms with Gasteiger partial charge < -0.3 is 5.32 Å². The van der Waals surface area contributed by atoms with Crippen LogP contribution in [-0.4, -0.2) is 48.9 Å². The van der Waals surface area contributed by atoms with Crippen molar-refractivity contribution < 1.29 is 8.42 Å². The van der Waals surface area contributed by atoms with E-state index in [1.54, 1.807) is 4.31 Å². The van der Waals surface area contributed by atoms with E-state index in [1.165, 1.54) is 11.8 Å². The molecule has 0 bridgehead atoms. The fraction of sp³-hybridized carbons (Fsp3) is 0.786. The highest BCUT2D eigenvalue weighted by Crippen LogP contribution is 2.29. The van der Waals surface area contributed by atoms with E-state index in [1.807, 2.05) is 31.9 Å². The maximum absolute atomic E-state index is 11.7. The fourth-order valence-corrected chi connectivity index (χ4v) is 4.16. The van der Waals surface area contributed by atoms with Crippen molar-refractivity contribution in [3.05, 3.63) is 17.5 Å². The third-order valence-electron chi connectivity index (χ3n) is 4.30. The average molecular weight is 314 g/mol. The first kappa shape index (κ1) is 16.5. The van der Waals surface area contributed by atoms with Crippen molar-refractivity contribution in [2.24, 2.45) is 13.0 Å². The molecule has 120 valence electrons. The summed E-state index contributed by atoms with van der Waals surface area (Å²) in [5.74, 6) is 0.394. The van der Waals surface area contributed by atoms with Crippen LogP contribution >= 0.6 is 0 Å². The monoisotopic (exact) mass is 314 g/mol. The molecule has 0 amide bonds. The van der Waals surface area contributed by atoms with Gasteiger partial charge in [-0.1, -0.05) is 0 Å². The van der Waals surface area contributed by atoms with Gasteiger partial charge in [-0.25, -0.2) is 12.7 Å². The molecular weight excluding hydrogens is 288 g/mol. The quantitative estimate of drug-likeness (QED) is 0.882. The number of hydrogen-bond acceptors (Lipinski definition) is 4. The van der Waals surface area contributed by atoms with E-state index in [0.717, 1.165) is 25.0 Å². The third kappa shape index (κ3) is 4.05. The smallest absolute Gasteiger partial charge is 0.211 e. The Hall–Kier alpha value is -0.920. The van der Waals surface area contributed by atoms with E-state index in [9.17, 15) is 8.42 Å². The summed E-state index contributed by atoms with van der Waals surface area (Å²) in [5, 5.41) is 7.75. The molecule has 1 fully saturated rings. The van der Waals surface area contributed by atoms with Gasteiger partial charge in [0.05, 0.1) is 11.9 Å². The summed E-state index contributed by atoms with van der Waals surface area (Å²) >= 11 is 0. The molecule has 1 aromatic heterocycles. The van der Waals surface area contributed by atoms with E-state index in [-0.39, 0.29) is 6.04 Å². The Morgan fingerprint density at radius 2 is 2.24 bits per heavy atom. The minimum absolute atomic E-state index is 0.225. The van der Waals surface area contributed by atoms with Gasteiger partial charge in [0.15, 0.2) is 0 Å². The zero-order chi connectivity index (χ0) is 15.6. The molecule has 0 aromatic carbocycles. The predicted octanol–water partition coefficient (Wildman–Crippen LogP) is 1.05. The summed E-state index contributed by atoms with van der Waals surface area (Å²) in [7, 11) is 0.805. The number of sulfonamides is 1. The van der Waals surface area contributed by atoms with Crippen LogP contribution in [0.1, 0.15) is 36.6 Å². The largest absolute Gasteiger partial charge is 0.313 e. The summed E-state index contributed by atoms with van der Waals surface area (Å²) in [6, 6.07) is 0.225. The number of piperidine rings is 1. The molecule has 0 spiro atoms. The molecule has 0 aliphatic carbocycles. The summed E-state index contributed by atoms with van der Waals surface area (Å²) in [6.45, 7) is 3.31. The second kappa shape index (κ2) is 6.46. The molecular formula is C14H26N4O2S. The number of aryl methyl sites for hydroxylation is 2.